The van der Waals surface area contributed by atoms with E-state index in [1.807, 2.05) is 12.2 Å². The van der Waals surface area contributed by atoms with Crippen LogP contribution in [0, 0.1) is 11.8 Å². The van der Waals surface area contributed by atoms with Crippen LogP contribution in [0.25, 0.3) is 0 Å². The van der Waals surface area contributed by atoms with Crippen LogP contribution in [0.3, 0.4) is 0 Å². The van der Waals surface area contributed by atoms with Crippen LogP contribution in [0.15, 0.2) is 12.2 Å². The molecule has 4 aliphatic rings. The molecular weight excluding hydrogens is 262 g/mol. The zero-order valence-corrected chi connectivity index (χ0v) is 11.3. The Morgan fingerprint density at radius 2 is 2.45 bits per heavy atom. The van der Waals surface area contributed by atoms with Crippen LogP contribution >= 0.6 is 0 Å². The van der Waals surface area contributed by atoms with Crippen molar-refractivity contribution in [2.45, 2.75) is 31.3 Å². The predicted octanol–water partition coefficient (Wildman–Crippen LogP) is 0.0779. The molecule has 20 heavy (non-hydrogen) atoms. The topological polar surface area (TPSA) is 65.1 Å². The first-order valence-electron chi connectivity index (χ1n) is 7.15. The number of amides is 1. The number of esters is 1. The van der Waals surface area contributed by atoms with Gasteiger partial charge in [0.15, 0.2) is 6.23 Å². The van der Waals surface area contributed by atoms with E-state index in [4.69, 9.17) is 14.2 Å². The van der Waals surface area contributed by atoms with Crippen LogP contribution in [0.4, 0.5) is 0 Å². The van der Waals surface area contributed by atoms with E-state index in [0.29, 0.717) is 19.8 Å². The lowest BCUT2D eigenvalue weighted by Gasteiger charge is -2.36. The van der Waals surface area contributed by atoms with E-state index in [-0.39, 0.29) is 18.0 Å². The number of nitrogens with zero attached hydrogens (tertiary/aromatic N) is 1. The summed E-state index contributed by atoms with van der Waals surface area (Å²) >= 11 is 0. The van der Waals surface area contributed by atoms with Crippen LogP contribution in [-0.2, 0) is 23.8 Å². The molecule has 2 bridgehead atoms. The van der Waals surface area contributed by atoms with Crippen molar-refractivity contribution >= 4 is 11.9 Å². The Bertz CT molecular complexity index is 504. The fourth-order valence-electron chi connectivity index (χ4n) is 3.96. The molecule has 108 valence electrons. The quantitative estimate of drug-likeness (QED) is 0.529. The summed E-state index contributed by atoms with van der Waals surface area (Å²) in [5.41, 5.74) is -0.792. The highest BCUT2D eigenvalue weighted by Crippen LogP contribution is 2.55. The number of carbonyl (C=O) groups excluding carboxylic acids is 2. The molecule has 6 heteroatoms. The van der Waals surface area contributed by atoms with Gasteiger partial charge in [-0.25, -0.2) is 0 Å². The summed E-state index contributed by atoms with van der Waals surface area (Å²) in [6.45, 7) is 3.36. The highest BCUT2D eigenvalue weighted by Gasteiger charge is 2.72. The van der Waals surface area contributed by atoms with Gasteiger partial charge in [0.25, 0.3) is 0 Å². The number of hydrogen-bond donors (Lipinski definition) is 0. The number of rotatable bonds is 2. The Hall–Kier alpha value is -1.40. The summed E-state index contributed by atoms with van der Waals surface area (Å²) in [5, 5.41) is 0. The molecule has 0 aromatic rings. The molecule has 1 spiro atoms. The fourth-order valence-corrected chi connectivity index (χ4v) is 3.96. The minimum absolute atomic E-state index is 0.0420. The Balaban J connectivity index is 1.73. The van der Waals surface area contributed by atoms with Gasteiger partial charge in [0.1, 0.15) is 11.5 Å². The van der Waals surface area contributed by atoms with Crippen molar-refractivity contribution in [2.75, 3.05) is 19.8 Å². The van der Waals surface area contributed by atoms with Crippen LogP contribution in [0.2, 0.25) is 0 Å². The third-order valence-electron chi connectivity index (χ3n) is 4.68. The van der Waals surface area contributed by atoms with Gasteiger partial charge in [-0.05, 0) is 19.4 Å². The third-order valence-corrected chi connectivity index (χ3v) is 4.68. The van der Waals surface area contributed by atoms with Crippen molar-refractivity contribution in [1.82, 2.24) is 4.90 Å². The van der Waals surface area contributed by atoms with Gasteiger partial charge < -0.3 is 19.1 Å². The van der Waals surface area contributed by atoms with Gasteiger partial charge in [0.05, 0.1) is 25.2 Å². The lowest BCUT2D eigenvalue weighted by atomic mass is 9.76. The molecule has 3 fully saturated rings. The van der Waals surface area contributed by atoms with E-state index in [2.05, 4.69) is 0 Å². The van der Waals surface area contributed by atoms with E-state index in [9.17, 15) is 9.59 Å². The smallest absolute Gasteiger partial charge is 0.312 e. The molecule has 0 aliphatic carbocycles. The van der Waals surface area contributed by atoms with Gasteiger partial charge >= 0.3 is 5.97 Å². The summed E-state index contributed by atoms with van der Waals surface area (Å²) in [7, 11) is 0. The van der Waals surface area contributed by atoms with E-state index in [1.54, 1.807) is 11.8 Å². The summed E-state index contributed by atoms with van der Waals surface area (Å²) in [6, 6.07) is 0. The zero-order valence-electron chi connectivity index (χ0n) is 11.3. The minimum atomic E-state index is -0.792. The van der Waals surface area contributed by atoms with E-state index in [1.165, 1.54) is 0 Å². The monoisotopic (exact) mass is 279 g/mol. The number of hydrogen-bond acceptors (Lipinski definition) is 5. The molecule has 4 aliphatic heterocycles. The lowest BCUT2D eigenvalue weighted by Crippen LogP contribution is -2.49. The van der Waals surface area contributed by atoms with Gasteiger partial charge in [-0.2, -0.15) is 0 Å². The molecule has 4 heterocycles. The van der Waals surface area contributed by atoms with Gasteiger partial charge in [0, 0.05) is 6.54 Å². The van der Waals surface area contributed by atoms with Crippen LogP contribution in [0.5, 0.6) is 0 Å². The molecule has 0 aromatic heterocycles. The first kappa shape index (κ1) is 12.3. The molecule has 0 N–H and O–H groups in total. The van der Waals surface area contributed by atoms with E-state index in [0.717, 1.165) is 6.42 Å². The first-order valence-corrected chi connectivity index (χ1v) is 7.15. The maximum absolute atomic E-state index is 12.6. The predicted molar refractivity (Wildman–Crippen MR) is 66.4 cm³/mol. The summed E-state index contributed by atoms with van der Waals surface area (Å²) in [6.07, 6.45) is 3.84. The molecule has 0 saturated carbocycles. The second kappa shape index (κ2) is 4.05. The number of carbonyl (C=O) groups is 2. The van der Waals surface area contributed by atoms with Crippen molar-refractivity contribution in [2.24, 2.45) is 11.8 Å². The lowest BCUT2D eigenvalue weighted by molar-refractivity contribution is -0.168. The fraction of sp³-hybridized carbons (Fsp3) is 0.714. The van der Waals surface area contributed by atoms with E-state index < -0.39 is 23.7 Å². The molecule has 0 radical (unpaired) electrons. The SMILES string of the molecule is CCOC(=O)[C@@H]1[C@@H]2C=C[C@]3(O2)[C@@H]1C(=O)N1CCCO[C@@H]13. The molecule has 1 amide bonds. The zero-order chi connectivity index (χ0) is 13.9. The minimum Gasteiger partial charge on any atom is -0.466 e. The Labute approximate surface area is 116 Å². The third kappa shape index (κ3) is 1.31. The normalized spacial score (nSPS) is 44.6. The second-order valence-electron chi connectivity index (χ2n) is 5.66. The van der Waals surface area contributed by atoms with Gasteiger partial charge in [-0.15, -0.1) is 0 Å². The average Bonchev–Trinajstić information content (AvgIpc) is 3.09. The van der Waals surface area contributed by atoms with Crippen molar-refractivity contribution in [1.29, 1.82) is 0 Å². The van der Waals surface area contributed by atoms with Crippen molar-refractivity contribution in [3.8, 4) is 0 Å². The highest BCUT2D eigenvalue weighted by molar-refractivity contribution is 5.91. The number of ether oxygens (including phenoxy) is 3. The molecule has 6 nitrogen and oxygen atoms in total. The summed E-state index contributed by atoms with van der Waals surface area (Å²) in [5.74, 6) is -1.43. The average molecular weight is 279 g/mol. The summed E-state index contributed by atoms with van der Waals surface area (Å²) < 4.78 is 16.9. The largest absolute Gasteiger partial charge is 0.466 e. The maximum Gasteiger partial charge on any atom is 0.312 e. The van der Waals surface area contributed by atoms with Crippen LogP contribution in [-0.4, -0.2) is 54.5 Å². The van der Waals surface area contributed by atoms with Crippen LogP contribution in [0.1, 0.15) is 13.3 Å². The number of fused-ring (bicyclic) bond motifs is 2. The molecule has 4 rings (SSSR count). The van der Waals surface area contributed by atoms with Gasteiger partial charge in [-0.1, -0.05) is 6.08 Å². The molecule has 5 atom stereocenters. The second-order valence-corrected chi connectivity index (χ2v) is 5.66. The summed E-state index contributed by atoms with van der Waals surface area (Å²) in [4.78, 5) is 26.5. The Morgan fingerprint density at radius 1 is 1.60 bits per heavy atom. The first-order chi connectivity index (χ1) is 9.69. The van der Waals surface area contributed by atoms with Crippen molar-refractivity contribution in [3.63, 3.8) is 0 Å². The van der Waals surface area contributed by atoms with Gasteiger partial charge in [-0.3, -0.25) is 9.59 Å². The van der Waals surface area contributed by atoms with Crippen molar-refractivity contribution in [3.05, 3.63) is 12.2 Å². The van der Waals surface area contributed by atoms with Crippen molar-refractivity contribution < 1.29 is 23.8 Å². The molecule has 0 aromatic carbocycles. The standard InChI is InChI=1S/C14H17NO5/c1-2-18-12(17)9-8-4-5-14(20-8)10(9)11(16)15-6-3-7-19-13(14)15/h4-5,8-10,13H,2-3,6-7H2,1H3/t8-,9+,10-,13+,14-/m0/s1. The van der Waals surface area contributed by atoms with Gasteiger partial charge in [0.2, 0.25) is 5.91 Å². The molecular formula is C14H17NO5. The Morgan fingerprint density at radius 3 is 3.25 bits per heavy atom. The molecule has 3 saturated heterocycles. The van der Waals surface area contributed by atoms with Crippen LogP contribution < -0.4 is 0 Å². The van der Waals surface area contributed by atoms with E-state index >= 15 is 0 Å². The Kier molecular flexibility index (Phi) is 2.50. The molecule has 0 unspecified atom stereocenters. The highest BCUT2D eigenvalue weighted by atomic mass is 16.6. The maximum atomic E-state index is 12.6.